The van der Waals surface area contributed by atoms with E-state index >= 15 is 0 Å². The molecule has 1 aromatic carbocycles. The van der Waals surface area contributed by atoms with Gasteiger partial charge in [0.1, 0.15) is 0 Å². The van der Waals surface area contributed by atoms with Crippen LogP contribution in [0.15, 0.2) is 12.1 Å². The van der Waals surface area contributed by atoms with E-state index < -0.39 is 6.10 Å². The summed E-state index contributed by atoms with van der Waals surface area (Å²) in [6.07, 6.45) is 2.31. The number of methoxy groups -OCH3 is 1. The highest BCUT2D eigenvalue weighted by Gasteiger charge is 2.46. The average molecular weight is 404 g/mol. The quantitative estimate of drug-likeness (QED) is 0.806. The Morgan fingerprint density at radius 2 is 1.93 bits per heavy atom. The molecule has 29 heavy (non-hydrogen) atoms. The lowest BCUT2D eigenvalue weighted by molar-refractivity contribution is -0.149. The number of hydrogen-bond donors (Lipinski definition) is 1. The van der Waals surface area contributed by atoms with Gasteiger partial charge in [0.2, 0.25) is 0 Å². The Labute approximate surface area is 175 Å². The summed E-state index contributed by atoms with van der Waals surface area (Å²) in [6, 6.07) is 4.52. The first-order chi connectivity index (χ1) is 13.6. The summed E-state index contributed by atoms with van der Waals surface area (Å²) in [4.78, 5) is 2.46. The fourth-order valence-corrected chi connectivity index (χ4v) is 4.88. The lowest BCUT2D eigenvalue weighted by Crippen LogP contribution is -2.53. The van der Waals surface area contributed by atoms with Gasteiger partial charge < -0.3 is 19.3 Å². The first-order valence-corrected chi connectivity index (χ1v) is 11.0. The Morgan fingerprint density at radius 1 is 1.21 bits per heavy atom. The number of benzene rings is 1. The van der Waals surface area contributed by atoms with Gasteiger partial charge >= 0.3 is 0 Å². The smallest absolute Gasteiger partial charge is 0.161 e. The van der Waals surface area contributed by atoms with Crippen molar-refractivity contribution in [3.63, 3.8) is 0 Å². The number of hydrogen-bond acceptors (Lipinski definition) is 5. The third-order valence-corrected chi connectivity index (χ3v) is 6.86. The molecule has 1 saturated heterocycles. The first-order valence-electron chi connectivity index (χ1n) is 11.0. The third kappa shape index (κ3) is 4.42. The molecule has 1 saturated carbocycles. The topological polar surface area (TPSA) is 51.2 Å². The largest absolute Gasteiger partial charge is 0.493 e. The van der Waals surface area contributed by atoms with Crippen LogP contribution in [0.4, 0.5) is 0 Å². The van der Waals surface area contributed by atoms with Crippen molar-refractivity contribution >= 4 is 0 Å². The highest BCUT2D eigenvalue weighted by atomic mass is 16.5. The molecule has 1 aliphatic carbocycles. The number of rotatable bonds is 5. The number of piperidine rings is 1. The van der Waals surface area contributed by atoms with Crippen LogP contribution in [0.5, 0.6) is 11.5 Å². The second-order valence-corrected chi connectivity index (χ2v) is 10.7. The van der Waals surface area contributed by atoms with E-state index in [9.17, 15) is 5.11 Å². The zero-order valence-corrected chi connectivity index (χ0v) is 18.8. The van der Waals surface area contributed by atoms with E-state index in [4.69, 9.17) is 14.2 Å². The summed E-state index contributed by atoms with van der Waals surface area (Å²) in [7, 11) is 1.71. The Hall–Kier alpha value is -1.30. The number of aliphatic hydroxyl groups is 1. The lowest BCUT2D eigenvalue weighted by atomic mass is 9.84. The summed E-state index contributed by atoms with van der Waals surface area (Å²) >= 11 is 0. The van der Waals surface area contributed by atoms with Gasteiger partial charge in [-0.25, -0.2) is 0 Å². The molecule has 0 amide bonds. The molecule has 4 rings (SSSR count). The molecule has 0 bridgehead atoms. The van der Waals surface area contributed by atoms with Crippen LogP contribution in [0.2, 0.25) is 0 Å². The van der Waals surface area contributed by atoms with Crippen LogP contribution in [-0.4, -0.2) is 54.6 Å². The molecule has 162 valence electrons. The SMILES string of the molecule is COc1cc2c(cc1OC[C@H]1CC1(C)C)CCN1CC(OC(C)(C)C)C(O)CC21. The number of ether oxygens (including phenoxy) is 3. The maximum absolute atomic E-state index is 10.8. The van der Waals surface area contributed by atoms with Crippen LogP contribution in [0.25, 0.3) is 0 Å². The van der Waals surface area contributed by atoms with Crippen LogP contribution in [0.1, 0.15) is 64.6 Å². The minimum Gasteiger partial charge on any atom is -0.493 e. The first kappa shape index (κ1) is 21.0. The van der Waals surface area contributed by atoms with Gasteiger partial charge in [0, 0.05) is 19.1 Å². The van der Waals surface area contributed by atoms with Gasteiger partial charge in [-0.3, -0.25) is 4.90 Å². The van der Waals surface area contributed by atoms with Gasteiger partial charge in [-0.15, -0.1) is 0 Å². The fraction of sp³-hybridized carbons (Fsp3) is 0.750. The molecule has 1 N–H and O–H groups in total. The van der Waals surface area contributed by atoms with Crippen LogP contribution in [0, 0.1) is 11.3 Å². The Morgan fingerprint density at radius 3 is 2.55 bits per heavy atom. The van der Waals surface area contributed by atoms with Crippen molar-refractivity contribution in [2.75, 3.05) is 26.8 Å². The predicted octanol–water partition coefficient (Wildman–Crippen LogP) is 3.97. The maximum atomic E-state index is 10.8. The normalized spacial score (nSPS) is 31.0. The van der Waals surface area contributed by atoms with Crippen molar-refractivity contribution in [1.29, 1.82) is 0 Å². The minimum absolute atomic E-state index is 0.140. The van der Waals surface area contributed by atoms with E-state index in [-0.39, 0.29) is 17.7 Å². The molecule has 5 heteroatoms. The second kappa shape index (κ2) is 7.44. The summed E-state index contributed by atoms with van der Waals surface area (Å²) < 4.78 is 18.0. The van der Waals surface area contributed by atoms with E-state index in [0.717, 1.165) is 37.6 Å². The van der Waals surface area contributed by atoms with Gasteiger partial charge in [-0.1, -0.05) is 13.8 Å². The van der Waals surface area contributed by atoms with Gasteiger partial charge in [0.15, 0.2) is 11.5 Å². The van der Waals surface area contributed by atoms with Crippen molar-refractivity contribution in [3.8, 4) is 11.5 Å². The number of nitrogens with zero attached hydrogens (tertiary/aromatic N) is 1. The van der Waals surface area contributed by atoms with Crippen LogP contribution < -0.4 is 9.47 Å². The zero-order valence-electron chi connectivity index (χ0n) is 18.8. The molecule has 3 unspecified atom stereocenters. The minimum atomic E-state index is -0.458. The van der Waals surface area contributed by atoms with E-state index in [0.29, 0.717) is 17.8 Å². The summed E-state index contributed by atoms with van der Waals surface area (Å²) in [5.41, 5.74) is 2.74. The molecule has 2 fully saturated rings. The van der Waals surface area contributed by atoms with Crippen LogP contribution in [0.3, 0.4) is 0 Å². The Kier molecular flexibility index (Phi) is 5.37. The lowest BCUT2D eigenvalue weighted by Gasteiger charge is -2.46. The Bertz CT molecular complexity index is 754. The molecular formula is C24H37NO4. The molecule has 0 aromatic heterocycles. The molecule has 0 radical (unpaired) electrons. The standard InChI is InChI=1S/C24H37NO4/c1-23(2,3)29-22-13-25-8-7-15-9-21(28-14-16-12-24(16,4)5)20(27-6)10-17(15)18(25)11-19(22)26/h9-10,16,18-19,22,26H,7-8,11-14H2,1-6H3/t16-,18?,19?,22?/m1/s1. The molecule has 0 spiro atoms. The van der Waals surface area contributed by atoms with E-state index in [2.05, 4.69) is 30.9 Å². The van der Waals surface area contributed by atoms with E-state index in [1.807, 2.05) is 20.8 Å². The van der Waals surface area contributed by atoms with Crippen molar-refractivity contribution in [2.24, 2.45) is 11.3 Å². The van der Waals surface area contributed by atoms with Crippen molar-refractivity contribution in [1.82, 2.24) is 4.90 Å². The molecule has 4 atom stereocenters. The predicted molar refractivity (Wildman–Crippen MR) is 114 cm³/mol. The molecular weight excluding hydrogens is 366 g/mol. The number of fused-ring (bicyclic) bond motifs is 3. The number of aliphatic hydroxyl groups excluding tert-OH is 1. The Balaban J connectivity index is 1.51. The van der Waals surface area contributed by atoms with Gasteiger partial charge in [-0.2, -0.15) is 0 Å². The summed E-state index contributed by atoms with van der Waals surface area (Å²) in [6.45, 7) is 13.2. The van der Waals surface area contributed by atoms with Crippen molar-refractivity contribution in [3.05, 3.63) is 23.3 Å². The third-order valence-electron chi connectivity index (χ3n) is 6.86. The monoisotopic (exact) mass is 403 g/mol. The van der Waals surface area contributed by atoms with Crippen LogP contribution in [-0.2, 0) is 11.2 Å². The fourth-order valence-electron chi connectivity index (χ4n) is 4.88. The van der Waals surface area contributed by atoms with Gasteiger partial charge in [0.05, 0.1) is 31.5 Å². The van der Waals surface area contributed by atoms with Crippen molar-refractivity contribution in [2.45, 2.75) is 77.7 Å². The zero-order chi connectivity index (χ0) is 21.0. The van der Waals surface area contributed by atoms with Crippen LogP contribution >= 0.6 is 0 Å². The molecule has 2 aliphatic heterocycles. The molecule has 3 aliphatic rings. The molecule has 2 heterocycles. The highest BCUT2D eigenvalue weighted by molar-refractivity contribution is 5.49. The molecule has 5 nitrogen and oxygen atoms in total. The average Bonchev–Trinajstić information content (AvgIpc) is 3.25. The van der Waals surface area contributed by atoms with E-state index in [1.165, 1.54) is 17.5 Å². The van der Waals surface area contributed by atoms with Gasteiger partial charge in [0.25, 0.3) is 0 Å². The van der Waals surface area contributed by atoms with Crippen molar-refractivity contribution < 1.29 is 19.3 Å². The maximum Gasteiger partial charge on any atom is 0.161 e. The highest BCUT2D eigenvalue weighted by Crippen LogP contribution is 2.52. The second-order valence-electron chi connectivity index (χ2n) is 10.7. The summed E-state index contributed by atoms with van der Waals surface area (Å²) in [5, 5.41) is 10.8. The van der Waals surface area contributed by atoms with Gasteiger partial charge in [-0.05, 0) is 74.6 Å². The summed E-state index contributed by atoms with van der Waals surface area (Å²) in [5.74, 6) is 2.28. The molecule has 1 aromatic rings. The van der Waals surface area contributed by atoms with E-state index in [1.54, 1.807) is 7.11 Å².